The van der Waals surface area contributed by atoms with Gasteiger partial charge in [-0.2, -0.15) is 17.4 Å². The Labute approximate surface area is 115 Å². The third-order valence-electron chi connectivity index (χ3n) is 4.34. The number of ether oxygens (including phenoxy) is 1. The zero-order chi connectivity index (χ0) is 14.1. The molecule has 0 radical (unpaired) electrons. The van der Waals surface area contributed by atoms with Crippen LogP contribution in [0.2, 0.25) is 0 Å². The molecule has 2 rings (SSSR count). The van der Waals surface area contributed by atoms with E-state index in [0.29, 0.717) is 19.6 Å². The number of hydrogen-bond donors (Lipinski definition) is 2. The number of nitrogens with zero attached hydrogens (tertiary/aromatic N) is 1. The average Bonchev–Trinajstić information content (AvgIpc) is 2.68. The summed E-state index contributed by atoms with van der Waals surface area (Å²) in [7, 11) is -3.58. The number of aliphatic hydroxyl groups is 1. The van der Waals surface area contributed by atoms with Crippen molar-refractivity contribution in [3.05, 3.63) is 0 Å². The lowest BCUT2D eigenvalue weighted by molar-refractivity contribution is 0.0938. The molecule has 19 heavy (non-hydrogen) atoms. The first-order chi connectivity index (χ1) is 8.89. The predicted octanol–water partition coefficient (Wildman–Crippen LogP) is 0.235. The minimum atomic E-state index is -3.58. The van der Waals surface area contributed by atoms with Crippen LogP contribution in [0.3, 0.4) is 0 Å². The van der Waals surface area contributed by atoms with Crippen molar-refractivity contribution in [2.24, 2.45) is 0 Å². The van der Waals surface area contributed by atoms with Gasteiger partial charge in [-0.25, -0.2) is 0 Å². The monoisotopic (exact) mass is 292 g/mol. The molecule has 6 nitrogen and oxygen atoms in total. The predicted molar refractivity (Wildman–Crippen MR) is 71.9 cm³/mol. The molecule has 0 bridgehead atoms. The fraction of sp³-hybridized carbons (Fsp3) is 1.00. The first-order valence-electron chi connectivity index (χ1n) is 6.92. The van der Waals surface area contributed by atoms with Gasteiger partial charge < -0.3 is 9.84 Å². The topological polar surface area (TPSA) is 78.9 Å². The van der Waals surface area contributed by atoms with Crippen molar-refractivity contribution in [2.75, 3.05) is 19.8 Å². The quantitative estimate of drug-likeness (QED) is 0.778. The van der Waals surface area contributed by atoms with Gasteiger partial charge in [-0.3, -0.25) is 0 Å². The smallest absolute Gasteiger partial charge is 0.280 e. The van der Waals surface area contributed by atoms with Crippen molar-refractivity contribution >= 4 is 10.2 Å². The van der Waals surface area contributed by atoms with Crippen molar-refractivity contribution in [3.63, 3.8) is 0 Å². The van der Waals surface area contributed by atoms with Gasteiger partial charge in [0.25, 0.3) is 10.2 Å². The highest BCUT2D eigenvalue weighted by Gasteiger charge is 2.43. The van der Waals surface area contributed by atoms with E-state index in [9.17, 15) is 13.5 Å². The summed E-state index contributed by atoms with van der Waals surface area (Å²) >= 11 is 0. The third-order valence-corrected chi connectivity index (χ3v) is 6.16. The van der Waals surface area contributed by atoms with E-state index in [-0.39, 0.29) is 18.8 Å². The van der Waals surface area contributed by atoms with E-state index in [1.807, 2.05) is 13.8 Å². The van der Waals surface area contributed by atoms with Gasteiger partial charge in [0.1, 0.15) is 0 Å². The fourth-order valence-corrected chi connectivity index (χ4v) is 4.70. The molecule has 2 N–H and O–H groups in total. The fourth-order valence-electron chi connectivity index (χ4n) is 2.80. The molecule has 0 spiro atoms. The normalized spacial score (nSPS) is 37.6. The van der Waals surface area contributed by atoms with Crippen LogP contribution in [0.4, 0.5) is 0 Å². The van der Waals surface area contributed by atoms with Gasteiger partial charge in [0.05, 0.1) is 18.2 Å². The summed E-state index contributed by atoms with van der Waals surface area (Å²) in [5, 5.41) is 9.34. The SMILES string of the molecule is CC1OCCC1(C)NS(=O)(=O)N1CCCCC1CO. The number of piperidine rings is 1. The van der Waals surface area contributed by atoms with E-state index in [2.05, 4.69) is 4.72 Å². The molecule has 0 saturated carbocycles. The van der Waals surface area contributed by atoms with Crippen LogP contribution in [0.1, 0.15) is 39.5 Å². The molecule has 0 aromatic carbocycles. The molecule has 0 aromatic heterocycles. The average molecular weight is 292 g/mol. The first kappa shape index (κ1) is 15.2. The van der Waals surface area contributed by atoms with E-state index in [4.69, 9.17) is 4.74 Å². The Kier molecular flexibility index (Phi) is 4.52. The maximum absolute atomic E-state index is 12.5. The van der Waals surface area contributed by atoms with Gasteiger partial charge in [0, 0.05) is 19.2 Å². The van der Waals surface area contributed by atoms with E-state index in [0.717, 1.165) is 19.3 Å². The Morgan fingerprint density at radius 3 is 2.79 bits per heavy atom. The molecule has 0 aromatic rings. The highest BCUT2D eigenvalue weighted by atomic mass is 32.2. The molecule has 112 valence electrons. The molecular weight excluding hydrogens is 268 g/mol. The van der Waals surface area contributed by atoms with Crippen molar-refractivity contribution in [1.29, 1.82) is 0 Å². The van der Waals surface area contributed by atoms with Crippen molar-refractivity contribution in [2.45, 2.75) is 57.2 Å². The maximum atomic E-state index is 12.5. The van der Waals surface area contributed by atoms with Gasteiger partial charge in [-0.1, -0.05) is 6.42 Å². The second-order valence-electron chi connectivity index (χ2n) is 5.73. The minimum absolute atomic E-state index is 0.121. The Morgan fingerprint density at radius 2 is 2.21 bits per heavy atom. The third kappa shape index (κ3) is 3.11. The van der Waals surface area contributed by atoms with Crippen LogP contribution in [0.5, 0.6) is 0 Å². The number of hydrogen-bond acceptors (Lipinski definition) is 4. The standard InChI is InChI=1S/C12H24N2O4S/c1-10-12(2,6-8-18-10)13-19(16,17)14-7-4-3-5-11(14)9-15/h10-11,13,15H,3-9H2,1-2H3. The zero-order valence-electron chi connectivity index (χ0n) is 11.6. The number of rotatable bonds is 4. The van der Waals surface area contributed by atoms with Gasteiger partial charge >= 0.3 is 0 Å². The largest absolute Gasteiger partial charge is 0.395 e. The van der Waals surface area contributed by atoms with E-state index < -0.39 is 15.7 Å². The van der Waals surface area contributed by atoms with Crippen LogP contribution < -0.4 is 4.72 Å². The lowest BCUT2D eigenvalue weighted by Gasteiger charge is -2.37. The molecule has 3 atom stereocenters. The molecule has 7 heteroatoms. The molecule has 2 fully saturated rings. The van der Waals surface area contributed by atoms with Crippen molar-refractivity contribution in [3.8, 4) is 0 Å². The summed E-state index contributed by atoms with van der Waals surface area (Å²) in [6, 6.07) is -0.299. The molecule has 0 aliphatic carbocycles. The van der Waals surface area contributed by atoms with Crippen molar-refractivity contribution < 1.29 is 18.3 Å². The van der Waals surface area contributed by atoms with Gasteiger partial charge in [-0.05, 0) is 33.1 Å². The Hall–Kier alpha value is -0.210. The lowest BCUT2D eigenvalue weighted by atomic mass is 9.97. The van der Waals surface area contributed by atoms with Crippen LogP contribution >= 0.6 is 0 Å². The summed E-state index contributed by atoms with van der Waals surface area (Å²) in [5.74, 6) is 0. The van der Waals surface area contributed by atoms with Gasteiger partial charge in [-0.15, -0.1) is 0 Å². The molecule has 2 aliphatic heterocycles. The maximum Gasteiger partial charge on any atom is 0.280 e. The molecule has 2 saturated heterocycles. The lowest BCUT2D eigenvalue weighted by Crippen LogP contribution is -2.58. The van der Waals surface area contributed by atoms with E-state index in [1.165, 1.54) is 4.31 Å². The zero-order valence-corrected chi connectivity index (χ0v) is 12.4. The Bertz CT molecular complexity index is 414. The molecule has 0 amide bonds. The summed E-state index contributed by atoms with van der Waals surface area (Å²) in [6.07, 6.45) is 3.07. The molecule has 3 unspecified atom stereocenters. The van der Waals surface area contributed by atoms with E-state index in [1.54, 1.807) is 0 Å². The van der Waals surface area contributed by atoms with Crippen LogP contribution in [0.15, 0.2) is 0 Å². The Balaban J connectivity index is 2.13. The molecule has 2 heterocycles. The van der Waals surface area contributed by atoms with E-state index >= 15 is 0 Å². The number of aliphatic hydroxyl groups excluding tert-OH is 1. The van der Waals surface area contributed by atoms with Crippen LogP contribution in [0, 0.1) is 0 Å². The summed E-state index contributed by atoms with van der Waals surface area (Å²) in [6.45, 7) is 4.69. The van der Waals surface area contributed by atoms with Crippen LogP contribution in [-0.4, -0.2) is 55.3 Å². The summed E-state index contributed by atoms with van der Waals surface area (Å²) < 4.78 is 34.7. The minimum Gasteiger partial charge on any atom is -0.395 e. The first-order valence-corrected chi connectivity index (χ1v) is 8.36. The second kappa shape index (κ2) is 5.65. The second-order valence-corrected chi connectivity index (χ2v) is 7.35. The number of nitrogens with one attached hydrogen (secondary N) is 1. The molecule has 2 aliphatic rings. The van der Waals surface area contributed by atoms with Crippen LogP contribution in [-0.2, 0) is 14.9 Å². The van der Waals surface area contributed by atoms with Gasteiger partial charge in [0.15, 0.2) is 0 Å². The molecular formula is C12H24N2O4S. The van der Waals surface area contributed by atoms with Crippen LogP contribution in [0.25, 0.3) is 0 Å². The highest BCUT2D eigenvalue weighted by molar-refractivity contribution is 7.87. The van der Waals surface area contributed by atoms with Gasteiger partial charge in [0.2, 0.25) is 0 Å². The summed E-state index contributed by atoms with van der Waals surface area (Å²) in [5.41, 5.74) is -0.559. The summed E-state index contributed by atoms with van der Waals surface area (Å²) in [4.78, 5) is 0. The van der Waals surface area contributed by atoms with Crippen molar-refractivity contribution in [1.82, 2.24) is 9.03 Å². The Morgan fingerprint density at radius 1 is 1.47 bits per heavy atom. The highest BCUT2D eigenvalue weighted by Crippen LogP contribution is 2.28.